The largest absolute Gasteiger partial charge is 0.291 e. The van der Waals surface area contributed by atoms with E-state index in [-0.39, 0.29) is 0 Å². The van der Waals surface area contributed by atoms with Crippen molar-refractivity contribution in [2.24, 2.45) is 0 Å². The highest BCUT2D eigenvalue weighted by Gasteiger charge is 2.30. The summed E-state index contributed by atoms with van der Waals surface area (Å²) in [5, 5.41) is 3.30. The SMILES string of the molecule is c1ccc2c(c1)Cc1c-2ccc2c1Cc1c-2ccc2nc3c4ccncc4c4cnccc4n3c12. The molecule has 3 aromatic carbocycles. The van der Waals surface area contributed by atoms with E-state index in [4.69, 9.17) is 4.98 Å². The molecule has 0 amide bonds. The van der Waals surface area contributed by atoms with Crippen LogP contribution in [-0.2, 0) is 12.8 Å². The van der Waals surface area contributed by atoms with Gasteiger partial charge >= 0.3 is 0 Å². The van der Waals surface area contributed by atoms with Crippen LogP contribution < -0.4 is 0 Å². The molecule has 7 aromatic rings. The fourth-order valence-corrected chi connectivity index (χ4v) is 6.58. The first kappa shape index (κ1) is 17.8. The van der Waals surface area contributed by atoms with E-state index < -0.39 is 0 Å². The van der Waals surface area contributed by atoms with Crippen LogP contribution in [0.3, 0.4) is 0 Å². The van der Waals surface area contributed by atoms with E-state index in [1.54, 1.807) is 0 Å². The highest BCUT2D eigenvalue weighted by atomic mass is 15.0. The predicted molar refractivity (Wildman–Crippen MR) is 140 cm³/mol. The Morgan fingerprint density at radius 3 is 2.29 bits per heavy atom. The van der Waals surface area contributed by atoms with E-state index in [2.05, 4.69) is 75.0 Å². The summed E-state index contributed by atoms with van der Waals surface area (Å²) in [5.41, 5.74) is 15.6. The number of rotatable bonds is 0. The number of benzene rings is 3. The Morgan fingerprint density at radius 1 is 0.600 bits per heavy atom. The molecule has 162 valence electrons. The van der Waals surface area contributed by atoms with E-state index in [9.17, 15) is 0 Å². The maximum absolute atomic E-state index is 5.15. The van der Waals surface area contributed by atoms with Gasteiger partial charge in [0.1, 0.15) is 5.65 Å². The number of fused-ring (bicyclic) bond motifs is 16. The van der Waals surface area contributed by atoms with Crippen LogP contribution in [-0.4, -0.2) is 19.4 Å². The van der Waals surface area contributed by atoms with Crippen LogP contribution in [0.1, 0.15) is 22.3 Å². The third-order valence-electron chi connectivity index (χ3n) is 8.06. The minimum atomic E-state index is 0.938. The molecule has 35 heavy (non-hydrogen) atoms. The summed E-state index contributed by atoms with van der Waals surface area (Å²) in [4.78, 5) is 14.0. The third kappa shape index (κ3) is 2.11. The lowest BCUT2D eigenvalue weighted by molar-refractivity contribution is 1.16. The van der Waals surface area contributed by atoms with Gasteiger partial charge in [-0.25, -0.2) is 4.98 Å². The smallest absolute Gasteiger partial charge is 0.146 e. The topological polar surface area (TPSA) is 43.1 Å². The minimum Gasteiger partial charge on any atom is -0.291 e. The molecule has 0 N–H and O–H groups in total. The van der Waals surface area contributed by atoms with Crippen LogP contribution in [0.2, 0.25) is 0 Å². The summed E-state index contributed by atoms with van der Waals surface area (Å²) in [5.74, 6) is 0. The first-order valence-electron chi connectivity index (χ1n) is 12.0. The van der Waals surface area contributed by atoms with Crippen molar-refractivity contribution in [2.45, 2.75) is 12.8 Å². The van der Waals surface area contributed by atoms with Gasteiger partial charge in [-0.15, -0.1) is 0 Å². The molecule has 0 unspecified atom stereocenters. The van der Waals surface area contributed by atoms with Crippen molar-refractivity contribution < 1.29 is 0 Å². The normalized spacial score (nSPS) is 13.5. The maximum atomic E-state index is 5.15. The lowest BCUT2D eigenvalue weighted by atomic mass is 9.96. The molecule has 4 aromatic heterocycles. The van der Waals surface area contributed by atoms with Gasteiger partial charge in [0, 0.05) is 47.4 Å². The zero-order chi connectivity index (χ0) is 22.7. The molecule has 0 atom stereocenters. The second-order valence-electron chi connectivity index (χ2n) is 9.67. The average molecular weight is 447 g/mol. The van der Waals surface area contributed by atoms with Crippen molar-refractivity contribution in [3.05, 3.63) is 108 Å². The highest BCUT2D eigenvalue weighted by molar-refractivity contribution is 6.13. The molecule has 2 aliphatic rings. The van der Waals surface area contributed by atoms with Crippen LogP contribution >= 0.6 is 0 Å². The lowest BCUT2D eigenvalue weighted by Crippen LogP contribution is -1.95. The Hall–Kier alpha value is -4.57. The predicted octanol–water partition coefficient (Wildman–Crippen LogP) is 6.73. The zero-order valence-electron chi connectivity index (χ0n) is 18.8. The second-order valence-corrected chi connectivity index (χ2v) is 9.67. The molecule has 0 radical (unpaired) electrons. The van der Waals surface area contributed by atoms with Crippen molar-refractivity contribution in [1.82, 2.24) is 19.4 Å². The molecule has 0 spiro atoms. The number of hydrogen-bond donors (Lipinski definition) is 0. The monoisotopic (exact) mass is 446 g/mol. The van der Waals surface area contributed by atoms with Gasteiger partial charge in [0.2, 0.25) is 0 Å². The molecule has 0 aliphatic heterocycles. The van der Waals surface area contributed by atoms with Gasteiger partial charge in [-0.1, -0.05) is 42.5 Å². The van der Waals surface area contributed by atoms with E-state index in [0.717, 1.165) is 45.7 Å². The number of pyridine rings is 3. The van der Waals surface area contributed by atoms with Crippen LogP contribution in [0.25, 0.3) is 60.6 Å². The van der Waals surface area contributed by atoms with Crippen LogP contribution in [0.15, 0.2) is 85.5 Å². The molecule has 0 saturated carbocycles. The van der Waals surface area contributed by atoms with Crippen molar-refractivity contribution >= 4 is 38.4 Å². The van der Waals surface area contributed by atoms with Gasteiger partial charge in [0.15, 0.2) is 0 Å². The lowest BCUT2D eigenvalue weighted by Gasteiger charge is -2.09. The van der Waals surface area contributed by atoms with E-state index >= 15 is 0 Å². The van der Waals surface area contributed by atoms with Gasteiger partial charge in [0.25, 0.3) is 0 Å². The fourth-order valence-electron chi connectivity index (χ4n) is 6.58. The summed E-state index contributed by atoms with van der Waals surface area (Å²) >= 11 is 0. The van der Waals surface area contributed by atoms with Gasteiger partial charge in [-0.05, 0) is 69.1 Å². The molecule has 0 saturated heterocycles. The first-order valence-corrected chi connectivity index (χ1v) is 12.0. The number of hydrogen-bond acceptors (Lipinski definition) is 3. The third-order valence-corrected chi connectivity index (χ3v) is 8.06. The summed E-state index contributed by atoms with van der Waals surface area (Å²) in [6.07, 6.45) is 9.56. The summed E-state index contributed by atoms with van der Waals surface area (Å²) < 4.78 is 2.36. The molecule has 4 nitrogen and oxygen atoms in total. The van der Waals surface area contributed by atoms with E-state index in [0.29, 0.717) is 0 Å². The molecule has 0 fully saturated rings. The molecular formula is C31H18N4. The molecule has 9 rings (SSSR count). The van der Waals surface area contributed by atoms with Gasteiger partial charge in [0.05, 0.1) is 16.6 Å². The van der Waals surface area contributed by atoms with Crippen LogP contribution in [0.5, 0.6) is 0 Å². The Kier molecular flexibility index (Phi) is 3.11. The van der Waals surface area contributed by atoms with Gasteiger partial charge < -0.3 is 0 Å². The van der Waals surface area contributed by atoms with Crippen molar-refractivity contribution in [3.8, 4) is 22.3 Å². The molecular weight excluding hydrogens is 428 g/mol. The number of aromatic nitrogens is 4. The fraction of sp³-hybridized carbons (Fsp3) is 0.0645. The summed E-state index contributed by atoms with van der Waals surface area (Å²) in [6, 6.07) is 22.1. The van der Waals surface area contributed by atoms with Crippen molar-refractivity contribution in [2.75, 3.05) is 0 Å². The maximum Gasteiger partial charge on any atom is 0.146 e. The number of nitrogens with zero attached hydrogens (tertiary/aromatic N) is 4. The average Bonchev–Trinajstić information content (AvgIpc) is 3.59. The quantitative estimate of drug-likeness (QED) is 0.243. The van der Waals surface area contributed by atoms with E-state index in [1.165, 1.54) is 50.0 Å². The Bertz CT molecular complexity index is 2070. The Labute approximate surface area is 200 Å². The minimum absolute atomic E-state index is 0.938. The summed E-state index contributed by atoms with van der Waals surface area (Å²) in [6.45, 7) is 0. The summed E-state index contributed by atoms with van der Waals surface area (Å²) in [7, 11) is 0. The highest BCUT2D eigenvalue weighted by Crippen LogP contribution is 2.48. The second kappa shape index (κ2) is 6.10. The van der Waals surface area contributed by atoms with Crippen molar-refractivity contribution in [3.63, 3.8) is 0 Å². The Balaban J connectivity index is 1.39. The standard InChI is InChI=1S/C31H18N4/c1-2-4-18-17(3-1)13-23-19(18)5-6-20-21-7-8-28-30(25(21)14-24(20)23)35-29-10-12-33-16-27(29)26-15-32-11-9-22(26)31(35)34-28/h1-12,15-16H,13-14H2. The molecule has 4 heteroatoms. The molecule has 0 bridgehead atoms. The van der Waals surface area contributed by atoms with Gasteiger partial charge in [-0.2, -0.15) is 0 Å². The van der Waals surface area contributed by atoms with Crippen molar-refractivity contribution in [1.29, 1.82) is 0 Å². The molecule has 2 aliphatic carbocycles. The first-order chi connectivity index (χ1) is 17.4. The van der Waals surface area contributed by atoms with Crippen LogP contribution in [0.4, 0.5) is 0 Å². The van der Waals surface area contributed by atoms with Crippen LogP contribution in [0, 0.1) is 0 Å². The van der Waals surface area contributed by atoms with E-state index in [1.807, 2.05) is 24.8 Å². The van der Waals surface area contributed by atoms with Gasteiger partial charge in [-0.3, -0.25) is 14.4 Å². The Morgan fingerprint density at radius 2 is 1.34 bits per heavy atom. The zero-order valence-corrected chi connectivity index (χ0v) is 18.8. The number of imidazole rings is 1. The molecule has 4 heterocycles.